The second-order valence-corrected chi connectivity index (χ2v) is 6.37. The van der Waals surface area contributed by atoms with Crippen molar-refractivity contribution in [2.75, 3.05) is 5.73 Å². The number of nitrogens with two attached hydrogens (primary N) is 1. The van der Waals surface area contributed by atoms with E-state index in [0.29, 0.717) is 11.5 Å². The van der Waals surface area contributed by atoms with Crippen molar-refractivity contribution in [2.24, 2.45) is 0 Å². The number of aromatic amines is 1. The molecular weight excluding hydrogens is 260 g/mol. The van der Waals surface area contributed by atoms with Gasteiger partial charge in [0, 0.05) is 23.5 Å². The van der Waals surface area contributed by atoms with Gasteiger partial charge in [0.15, 0.2) is 0 Å². The Bertz CT molecular complexity index is 588. The van der Waals surface area contributed by atoms with Gasteiger partial charge in [0.25, 0.3) is 10.0 Å². The van der Waals surface area contributed by atoms with Gasteiger partial charge >= 0.3 is 0 Å². The SMILES string of the molecule is CC(NS(=O)(=O)c1cc(N)cs1)c1ncc[nH]1. The summed E-state index contributed by atoms with van der Waals surface area (Å²) in [5, 5.41) is 1.59. The van der Waals surface area contributed by atoms with Crippen LogP contribution in [0, 0.1) is 0 Å². The number of aromatic nitrogens is 2. The average molecular weight is 272 g/mol. The van der Waals surface area contributed by atoms with Crippen LogP contribution in [-0.2, 0) is 10.0 Å². The highest BCUT2D eigenvalue weighted by molar-refractivity contribution is 7.91. The molecule has 8 heteroatoms. The first-order chi connectivity index (χ1) is 7.99. The molecule has 0 amide bonds. The molecule has 92 valence electrons. The molecule has 2 aromatic rings. The number of nitrogens with one attached hydrogen (secondary N) is 2. The summed E-state index contributed by atoms with van der Waals surface area (Å²) in [6.45, 7) is 1.72. The van der Waals surface area contributed by atoms with E-state index in [-0.39, 0.29) is 4.21 Å². The van der Waals surface area contributed by atoms with Crippen molar-refractivity contribution in [3.8, 4) is 0 Å². The molecule has 2 heterocycles. The summed E-state index contributed by atoms with van der Waals surface area (Å²) in [6, 6.07) is 1.01. The molecule has 0 radical (unpaired) electrons. The Morgan fingerprint density at radius 2 is 2.35 bits per heavy atom. The number of sulfonamides is 1. The van der Waals surface area contributed by atoms with E-state index in [2.05, 4.69) is 14.7 Å². The highest BCUT2D eigenvalue weighted by Crippen LogP contribution is 2.22. The van der Waals surface area contributed by atoms with Gasteiger partial charge in [-0.3, -0.25) is 0 Å². The van der Waals surface area contributed by atoms with Crippen LogP contribution in [-0.4, -0.2) is 18.4 Å². The molecule has 0 aliphatic carbocycles. The van der Waals surface area contributed by atoms with Gasteiger partial charge in [-0.1, -0.05) is 0 Å². The maximum absolute atomic E-state index is 12.0. The average Bonchev–Trinajstić information content (AvgIpc) is 2.86. The first-order valence-corrected chi connectivity index (χ1v) is 7.21. The van der Waals surface area contributed by atoms with E-state index in [1.165, 1.54) is 6.07 Å². The molecule has 0 aromatic carbocycles. The summed E-state index contributed by atoms with van der Waals surface area (Å²) in [5.41, 5.74) is 5.95. The van der Waals surface area contributed by atoms with Gasteiger partial charge in [-0.25, -0.2) is 18.1 Å². The first kappa shape index (κ1) is 12.1. The van der Waals surface area contributed by atoms with E-state index in [1.807, 2.05) is 0 Å². The van der Waals surface area contributed by atoms with Crippen molar-refractivity contribution >= 4 is 27.0 Å². The van der Waals surface area contributed by atoms with Crippen LogP contribution >= 0.6 is 11.3 Å². The quantitative estimate of drug-likeness (QED) is 0.775. The highest BCUT2D eigenvalue weighted by atomic mass is 32.2. The summed E-state index contributed by atoms with van der Waals surface area (Å²) < 4.78 is 26.6. The number of anilines is 1. The molecule has 0 aliphatic rings. The highest BCUT2D eigenvalue weighted by Gasteiger charge is 2.21. The maximum atomic E-state index is 12.0. The van der Waals surface area contributed by atoms with Crippen LogP contribution in [0.1, 0.15) is 18.8 Å². The molecule has 2 rings (SSSR count). The number of H-pyrrole nitrogens is 1. The molecule has 6 nitrogen and oxygen atoms in total. The van der Waals surface area contributed by atoms with Crippen LogP contribution < -0.4 is 10.5 Å². The number of nitrogen functional groups attached to an aromatic ring is 1. The molecule has 0 bridgehead atoms. The van der Waals surface area contributed by atoms with Crippen LogP contribution in [0.2, 0.25) is 0 Å². The van der Waals surface area contributed by atoms with Gasteiger partial charge in [0.1, 0.15) is 10.0 Å². The van der Waals surface area contributed by atoms with Gasteiger partial charge in [-0.05, 0) is 13.0 Å². The molecule has 0 saturated carbocycles. The summed E-state index contributed by atoms with van der Waals surface area (Å²) in [7, 11) is -3.54. The lowest BCUT2D eigenvalue weighted by Crippen LogP contribution is -2.26. The summed E-state index contributed by atoms with van der Waals surface area (Å²) >= 11 is 1.09. The molecule has 0 spiro atoms. The lowest BCUT2D eigenvalue weighted by molar-refractivity contribution is 0.563. The van der Waals surface area contributed by atoms with Gasteiger partial charge in [0.05, 0.1) is 6.04 Å². The first-order valence-electron chi connectivity index (χ1n) is 4.84. The van der Waals surface area contributed by atoms with Gasteiger partial charge in [-0.2, -0.15) is 0 Å². The van der Waals surface area contributed by atoms with E-state index in [9.17, 15) is 8.42 Å². The number of nitrogens with zero attached hydrogens (tertiary/aromatic N) is 1. The fourth-order valence-electron chi connectivity index (χ4n) is 1.33. The summed E-state index contributed by atoms with van der Waals surface area (Å²) in [6.07, 6.45) is 3.21. The van der Waals surface area contributed by atoms with Crippen LogP contribution in [0.25, 0.3) is 0 Å². The minimum Gasteiger partial charge on any atom is -0.398 e. The Labute approximate surface area is 103 Å². The Kier molecular flexibility index (Phi) is 3.18. The molecule has 0 saturated heterocycles. The third-order valence-electron chi connectivity index (χ3n) is 2.12. The van der Waals surface area contributed by atoms with Gasteiger partial charge in [-0.15, -0.1) is 11.3 Å². The van der Waals surface area contributed by atoms with Gasteiger partial charge in [0.2, 0.25) is 0 Å². The van der Waals surface area contributed by atoms with E-state index in [1.54, 1.807) is 24.7 Å². The zero-order valence-electron chi connectivity index (χ0n) is 9.04. The zero-order chi connectivity index (χ0) is 12.5. The third-order valence-corrected chi connectivity index (χ3v) is 5.12. The molecular formula is C9H12N4O2S2. The maximum Gasteiger partial charge on any atom is 0.250 e. The predicted molar refractivity (Wildman–Crippen MR) is 66.1 cm³/mol. The largest absolute Gasteiger partial charge is 0.398 e. The molecule has 0 fully saturated rings. The second kappa shape index (κ2) is 4.47. The fourth-order valence-corrected chi connectivity index (χ4v) is 3.64. The molecule has 1 atom stereocenters. The van der Waals surface area contributed by atoms with Crippen molar-refractivity contribution < 1.29 is 8.42 Å². The lowest BCUT2D eigenvalue weighted by Gasteiger charge is -2.10. The molecule has 2 aromatic heterocycles. The molecule has 1 unspecified atom stereocenters. The van der Waals surface area contributed by atoms with Crippen LogP contribution in [0.5, 0.6) is 0 Å². The van der Waals surface area contributed by atoms with Crippen molar-refractivity contribution in [3.63, 3.8) is 0 Å². The van der Waals surface area contributed by atoms with E-state index in [4.69, 9.17) is 5.73 Å². The Balaban J connectivity index is 2.18. The fraction of sp³-hybridized carbons (Fsp3) is 0.222. The number of hydrogen-bond donors (Lipinski definition) is 3. The van der Waals surface area contributed by atoms with Gasteiger partial charge < -0.3 is 10.7 Å². The molecule has 4 N–H and O–H groups in total. The third kappa shape index (κ3) is 2.65. The number of imidazole rings is 1. The second-order valence-electron chi connectivity index (χ2n) is 3.52. The molecule has 0 aliphatic heterocycles. The Morgan fingerprint density at radius 3 is 2.88 bits per heavy atom. The smallest absolute Gasteiger partial charge is 0.250 e. The van der Waals surface area contributed by atoms with Crippen LogP contribution in [0.3, 0.4) is 0 Å². The van der Waals surface area contributed by atoms with Crippen molar-refractivity contribution in [1.29, 1.82) is 0 Å². The number of thiophene rings is 1. The van der Waals surface area contributed by atoms with E-state index >= 15 is 0 Å². The van der Waals surface area contributed by atoms with Crippen LogP contribution in [0.15, 0.2) is 28.0 Å². The Hall–Kier alpha value is -1.38. The number of rotatable bonds is 4. The standard InChI is InChI=1S/C9H12N4O2S2/c1-6(9-11-2-3-12-9)13-17(14,15)8-4-7(10)5-16-8/h2-6,13H,10H2,1H3,(H,11,12). The minimum absolute atomic E-state index is 0.202. The van der Waals surface area contributed by atoms with Crippen molar-refractivity contribution in [1.82, 2.24) is 14.7 Å². The topological polar surface area (TPSA) is 101 Å². The van der Waals surface area contributed by atoms with Crippen molar-refractivity contribution in [2.45, 2.75) is 17.2 Å². The monoisotopic (exact) mass is 272 g/mol. The normalized spacial score (nSPS) is 13.7. The molecule has 17 heavy (non-hydrogen) atoms. The Morgan fingerprint density at radius 1 is 1.59 bits per heavy atom. The summed E-state index contributed by atoms with van der Waals surface area (Å²) in [4.78, 5) is 6.85. The zero-order valence-corrected chi connectivity index (χ0v) is 10.7. The van der Waals surface area contributed by atoms with E-state index in [0.717, 1.165) is 11.3 Å². The van der Waals surface area contributed by atoms with Crippen molar-refractivity contribution in [3.05, 3.63) is 29.7 Å². The minimum atomic E-state index is -3.54. The van der Waals surface area contributed by atoms with Crippen LogP contribution in [0.4, 0.5) is 5.69 Å². The number of hydrogen-bond acceptors (Lipinski definition) is 5. The van der Waals surface area contributed by atoms with E-state index < -0.39 is 16.1 Å². The summed E-state index contributed by atoms with van der Waals surface area (Å²) in [5.74, 6) is 0.568. The predicted octanol–water partition coefficient (Wildman–Crippen LogP) is 1.09. The lowest BCUT2D eigenvalue weighted by atomic mass is 10.3.